The maximum absolute atomic E-state index is 9.14. The highest BCUT2D eigenvalue weighted by Gasteiger charge is 2.27. The van der Waals surface area contributed by atoms with Gasteiger partial charge >= 0.3 is 0 Å². The second kappa shape index (κ2) is 4.65. The molecular weight excluding hydrogens is 204 g/mol. The summed E-state index contributed by atoms with van der Waals surface area (Å²) in [7, 11) is 0. The van der Waals surface area contributed by atoms with Crippen LogP contribution in [0.25, 0.3) is 0 Å². The number of anilines is 2. The number of nitrogen functional groups attached to an aromatic ring is 1. The van der Waals surface area contributed by atoms with Gasteiger partial charge in [-0.25, -0.2) is 9.97 Å². The van der Waals surface area contributed by atoms with Gasteiger partial charge in [0, 0.05) is 18.5 Å². The second-order valence-corrected chi connectivity index (χ2v) is 4.37. The smallest absolute Gasteiger partial charge is 0.136 e. The molecule has 0 amide bonds. The van der Waals surface area contributed by atoms with E-state index >= 15 is 0 Å². The van der Waals surface area contributed by atoms with Gasteiger partial charge in [-0.1, -0.05) is 0 Å². The molecular formula is C11H18N4O. The van der Waals surface area contributed by atoms with E-state index in [-0.39, 0.29) is 6.10 Å². The summed E-state index contributed by atoms with van der Waals surface area (Å²) in [4.78, 5) is 8.62. The van der Waals surface area contributed by atoms with Crippen LogP contribution in [0.3, 0.4) is 0 Å². The van der Waals surface area contributed by atoms with Gasteiger partial charge in [-0.2, -0.15) is 0 Å². The first-order chi connectivity index (χ1) is 7.65. The third kappa shape index (κ3) is 3.06. The molecule has 1 heterocycles. The fraction of sp³-hybridized carbons (Fsp3) is 0.636. The van der Waals surface area contributed by atoms with Crippen LogP contribution >= 0.6 is 0 Å². The van der Waals surface area contributed by atoms with Gasteiger partial charge in [0.15, 0.2) is 0 Å². The molecule has 5 heteroatoms. The van der Waals surface area contributed by atoms with Crippen molar-refractivity contribution in [3.63, 3.8) is 0 Å². The molecule has 88 valence electrons. The molecule has 2 rings (SSSR count). The maximum Gasteiger partial charge on any atom is 0.136 e. The zero-order chi connectivity index (χ0) is 11.5. The first-order valence-corrected chi connectivity index (χ1v) is 5.71. The second-order valence-electron chi connectivity index (χ2n) is 4.37. The van der Waals surface area contributed by atoms with E-state index in [2.05, 4.69) is 15.3 Å². The molecule has 1 unspecified atom stereocenters. The summed E-state index contributed by atoms with van der Waals surface area (Å²) < 4.78 is 0. The third-order valence-electron chi connectivity index (χ3n) is 2.57. The summed E-state index contributed by atoms with van der Waals surface area (Å²) in [5.41, 5.74) is 5.72. The maximum atomic E-state index is 9.14. The fourth-order valence-corrected chi connectivity index (χ4v) is 1.51. The van der Waals surface area contributed by atoms with E-state index in [0.717, 1.165) is 24.5 Å². The van der Waals surface area contributed by atoms with E-state index in [9.17, 15) is 0 Å². The van der Waals surface area contributed by atoms with E-state index in [4.69, 9.17) is 10.8 Å². The van der Waals surface area contributed by atoms with Crippen molar-refractivity contribution in [3.05, 3.63) is 11.9 Å². The van der Waals surface area contributed by atoms with Crippen LogP contribution in [0.15, 0.2) is 6.07 Å². The van der Waals surface area contributed by atoms with Crippen molar-refractivity contribution in [3.8, 4) is 0 Å². The van der Waals surface area contributed by atoms with E-state index in [1.165, 1.54) is 0 Å². The molecule has 5 nitrogen and oxygen atoms in total. The Bertz CT molecular complexity index is 363. The van der Waals surface area contributed by atoms with Crippen molar-refractivity contribution in [2.75, 3.05) is 17.6 Å². The molecule has 0 radical (unpaired) electrons. The Morgan fingerprint density at radius 2 is 2.31 bits per heavy atom. The number of nitrogens with one attached hydrogen (secondary N) is 1. The zero-order valence-corrected chi connectivity index (χ0v) is 9.48. The minimum absolute atomic E-state index is 0.297. The molecule has 0 aromatic carbocycles. The number of hydrogen-bond acceptors (Lipinski definition) is 5. The van der Waals surface area contributed by atoms with Gasteiger partial charge < -0.3 is 16.2 Å². The minimum Gasteiger partial charge on any atom is -0.393 e. The van der Waals surface area contributed by atoms with E-state index < -0.39 is 0 Å². The predicted octanol–water partition coefficient (Wildman–Crippen LogP) is 1.12. The Morgan fingerprint density at radius 1 is 1.56 bits per heavy atom. The summed E-state index contributed by atoms with van der Waals surface area (Å²) >= 11 is 0. The standard InChI is InChI=1S/C11H18N4O/c1-7(16)4-5-13-10-6-9(12)14-11(15-10)8-2-3-8/h6-8,16H,2-5H2,1H3,(H3,12,13,14,15). The lowest BCUT2D eigenvalue weighted by Crippen LogP contribution is -2.12. The van der Waals surface area contributed by atoms with E-state index in [1.54, 1.807) is 13.0 Å². The Morgan fingerprint density at radius 3 is 2.94 bits per heavy atom. The molecule has 1 aromatic rings. The Kier molecular flexibility index (Phi) is 3.24. The minimum atomic E-state index is -0.297. The lowest BCUT2D eigenvalue weighted by molar-refractivity contribution is 0.188. The largest absolute Gasteiger partial charge is 0.393 e. The molecule has 16 heavy (non-hydrogen) atoms. The molecule has 0 spiro atoms. The van der Waals surface area contributed by atoms with Gasteiger partial charge in [-0.3, -0.25) is 0 Å². The first-order valence-electron chi connectivity index (χ1n) is 5.71. The fourth-order valence-electron chi connectivity index (χ4n) is 1.51. The SMILES string of the molecule is CC(O)CCNc1cc(N)nc(C2CC2)n1. The molecule has 1 aromatic heterocycles. The van der Waals surface area contributed by atoms with Crippen molar-refractivity contribution in [1.29, 1.82) is 0 Å². The first kappa shape index (κ1) is 11.1. The lowest BCUT2D eigenvalue weighted by Gasteiger charge is -2.09. The molecule has 1 fully saturated rings. The molecule has 1 saturated carbocycles. The van der Waals surface area contributed by atoms with Crippen LogP contribution in [0.2, 0.25) is 0 Å². The molecule has 0 aliphatic heterocycles. The predicted molar refractivity (Wildman–Crippen MR) is 63.2 cm³/mol. The number of aliphatic hydroxyl groups is 1. The van der Waals surface area contributed by atoms with Crippen molar-refractivity contribution in [2.45, 2.75) is 38.2 Å². The Hall–Kier alpha value is -1.36. The van der Waals surface area contributed by atoms with Crippen LogP contribution < -0.4 is 11.1 Å². The van der Waals surface area contributed by atoms with Gasteiger partial charge in [0.05, 0.1) is 6.10 Å². The number of rotatable bonds is 5. The molecule has 0 bridgehead atoms. The average molecular weight is 222 g/mol. The number of nitrogens with zero attached hydrogens (tertiary/aromatic N) is 2. The quantitative estimate of drug-likeness (QED) is 0.695. The molecule has 1 atom stereocenters. The van der Waals surface area contributed by atoms with Gasteiger partial charge in [-0.15, -0.1) is 0 Å². The summed E-state index contributed by atoms with van der Waals surface area (Å²) in [5.74, 6) is 2.62. The molecule has 1 aliphatic rings. The molecule has 1 aliphatic carbocycles. The van der Waals surface area contributed by atoms with Crippen LogP contribution in [0, 0.1) is 0 Å². The zero-order valence-electron chi connectivity index (χ0n) is 9.48. The van der Waals surface area contributed by atoms with E-state index in [0.29, 0.717) is 24.7 Å². The summed E-state index contributed by atoms with van der Waals surface area (Å²) in [6, 6.07) is 1.73. The van der Waals surface area contributed by atoms with Gasteiger partial charge in [-0.05, 0) is 26.2 Å². The van der Waals surface area contributed by atoms with Crippen molar-refractivity contribution < 1.29 is 5.11 Å². The van der Waals surface area contributed by atoms with Crippen LogP contribution in [0.1, 0.15) is 37.9 Å². The van der Waals surface area contributed by atoms with Crippen LogP contribution in [0.4, 0.5) is 11.6 Å². The average Bonchev–Trinajstić information content (AvgIpc) is 2.99. The number of hydrogen-bond donors (Lipinski definition) is 3. The topological polar surface area (TPSA) is 84.1 Å². The number of aromatic nitrogens is 2. The number of aliphatic hydroxyl groups excluding tert-OH is 1. The third-order valence-corrected chi connectivity index (χ3v) is 2.57. The number of nitrogens with two attached hydrogens (primary N) is 1. The highest BCUT2D eigenvalue weighted by Crippen LogP contribution is 2.38. The molecule has 0 saturated heterocycles. The van der Waals surface area contributed by atoms with Crippen LogP contribution in [-0.2, 0) is 0 Å². The molecule has 4 N–H and O–H groups in total. The Labute approximate surface area is 95.1 Å². The highest BCUT2D eigenvalue weighted by molar-refractivity contribution is 5.45. The van der Waals surface area contributed by atoms with Crippen LogP contribution in [0.5, 0.6) is 0 Å². The monoisotopic (exact) mass is 222 g/mol. The van der Waals surface area contributed by atoms with Gasteiger partial charge in [0.1, 0.15) is 17.5 Å². The normalized spacial score (nSPS) is 17.1. The van der Waals surface area contributed by atoms with Crippen molar-refractivity contribution in [2.24, 2.45) is 0 Å². The van der Waals surface area contributed by atoms with Crippen molar-refractivity contribution >= 4 is 11.6 Å². The highest BCUT2D eigenvalue weighted by atomic mass is 16.3. The van der Waals surface area contributed by atoms with E-state index in [1.807, 2.05) is 0 Å². The Balaban J connectivity index is 1.97. The summed E-state index contributed by atoms with van der Waals surface area (Å²) in [6.07, 6.45) is 2.73. The van der Waals surface area contributed by atoms with Gasteiger partial charge in [0.25, 0.3) is 0 Å². The summed E-state index contributed by atoms with van der Waals surface area (Å²) in [6.45, 7) is 2.46. The van der Waals surface area contributed by atoms with Gasteiger partial charge in [0.2, 0.25) is 0 Å². The summed E-state index contributed by atoms with van der Waals surface area (Å²) in [5, 5.41) is 12.3. The van der Waals surface area contributed by atoms with Crippen LogP contribution in [-0.4, -0.2) is 27.7 Å². The lowest BCUT2D eigenvalue weighted by atomic mass is 10.3. The van der Waals surface area contributed by atoms with Crippen molar-refractivity contribution in [1.82, 2.24) is 9.97 Å².